The minimum atomic E-state index is -3.88. The lowest BCUT2D eigenvalue weighted by atomic mass is 10.2. The zero-order valence-corrected chi connectivity index (χ0v) is 24.4. The Hall–Kier alpha value is -5.05. The summed E-state index contributed by atoms with van der Waals surface area (Å²) in [6.45, 7) is 0. The lowest BCUT2D eigenvalue weighted by Crippen LogP contribution is -2.17. The van der Waals surface area contributed by atoms with Crippen molar-refractivity contribution in [1.82, 2.24) is 19.4 Å². The topological polar surface area (TPSA) is 201 Å². The molecule has 43 heavy (non-hydrogen) atoms. The summed E-state index contributed by atoms with van der Waals surface area (Å²) in [5, 5.41) is 11.6. The number of rotatable bonds is 5. The molecule has 220 valence electrons. The average Bonchev–Trinajstić information content (AvgIpc) is 3.61. The smallest absolute Gasteiger partial charge is 0.283 e. The first-order valence-corrected chi connectivity index (χ1v) is 16.0. The number of nitrogens with one attached hydrogen (secondary N) is 1. The molecule has 6 rings (SSSR count). The fraction of sp³-hybridized carbons (Fsp3) is 0. The third-order valence-corrected chi connectivity index (χ3v) is 8.76. The zero-order valence-electron chi connectivity index (χ0n) is 22.0. The Balaban J connectivity index is 0.000000163. The van der Waals surface area contributed by atoms with Gasteiger partial charge in [0.15, 0.2) is 11.4 Å². The van der Waals surface area contributed by atoms with Gasteiger partial charge in [0.05, 0.1) is 20.8 Å². The van der Waals surface area contributed by atoms with Crippen LogP contribution in [0.3, 0.4) is 0 Å². The summed E-state index contributed by atoms with van der Waals surface area (Å²) in [6, 6.07) is 29.7. The van der Waals surface area contributed by atoms with Crippen molar-refractivity contribution in [2.24, 2.45) is 11.5 Å². The normalized spacial score (nSPS) is 11.2. The zero-order chi connectivity index (χ0) is 31.2. The third kappa shape index (κ3) is 7.06. The number of halogens is 1. The molecular formula is C28H23ClN6O6S2. The maximum Gasteiger partial charge on any atom is 0.283 e. The van der Waals surface area contributed by atoms with Gasteiger partial charge in [0, 0.05) is 21.5 Å². The van der Waals surface area contributed by atoms with Crippen molar-refractivity contribution in [1.29, 1.82) is 0 Å². The van der Waals surface area contributed by atoms with Gasteiger partial charge >= 0.3 is 0 Å². The molecule has 0 aliphatic rings. The van der Waals surface area contributed by atoms with Crippen LogP contribution in [0.4, 0.5) is 0 Å². The molecule has 5 N–H and O–H groups in total. The number of para-hydroxylation sites is 2. The van der Waals surface area contributed by atoms with Crippen molar-refractivity contribution >= 4 is 63.4 Å². The minimum Gasteiger partial charge on any atom is -0.364 e. The number of primary amides is 2. The predicted octanol–water partition coefficient (Wildman–Crippen LogP) is 3.65. The molecule has 0 radical (unpaired) electrons. The molecule has 4 aromatic carbocycles. The van der Waals surface area contributed by atoms with Gasteiger partial charge < -0.3 is 11.5 Å². The molecule has 0 atom stereocenters. The largest absolute Gasteiger partial charge is 0.364 e. The summed E-state index contributed by atoms with van der Waals surface area (Å²) in [6.07, 6.45) is 0. The Morgan fingerprint density at radius 2 is 1.14 bits per heavy atom. The van der Waals surface area contributed by atoms with E-state index in [4.69, 9.17) is 22.1 Å². The van der Waals surface area contributed by atoms with Gasteiger partial charge in [-0.1, -0.05) is 72.8 Å². The highest BCUT2D eigenvalue weighted by molar-refractivity contribution is 8.13. The number of aromatic nitrogens is 4. The van der Waals surface area contributed by atoms with E-state index in [1.165, 1.54) is 24.3 Å². The number of benzene rings is 4. The van der Waals surface area contributed by atoms with Crippen molar-refractivity contribution in [3.63, 3.8) is 0 Å². The Kier molecular flexibility index (Phi) is 9.24. The second-order valence-corrected chi connectivity index (χ2v) is 13.0. The highest BCUT2D eigenvalue weighted by Gasteiger charge is 2.24. The molecule has 2 heterocycles. The molecule has 0 saturated heterocycles. The lowest BCUT2D eigenvalue weighted by molar-refractivity contribution is 0.0988. The average molecular weight is 639 g/mol. The van der Waals surface area contributed by atoms with Crippen molar-refractivity contribution in [2.75, 3.05) is 0 Å². The van der Waals surface area contributed by atoms with E-state index in [1.807, 2.05) is 18.2 Å². The van der Waals surface area contributed by atoms with Gasteiger partial charge in [0.25, 0.3) is 30.9 Å². The molecular weight excluding hydrogens is 616 g/mol. The second-order valence-electron chi connectivity index (χ2n) is 8.62. The third-order valence-electron chi connectivity index (χ3n) is 5.79. The van der Waals surface area contributed by atoms with Gasteiger partial charge in [0.1, 0.15) is 0 Å². The number of nitrogens with zero attached hydrogens (tertiary/aromatic N) is 3. The molecule has 2 amide bonds. The first-order valence-electron chi connectivity index (χ1n) is 12.2. The number of hydrogen-bond acceptors (Lipinski definition) is 8. The van der Waals surface area contributed by atoms with E-state index in [2.05, 4.69) is 15.3 Å². The molecule has 0 aliphatic heterocycles. The Bertz CT molecular complexity index is 2130. The number of H-pyrrole nitrogens is 1. The van der Waals surface area contributed by atoms with E-state index in [1.54, 1.807) is 66.7 Å². The van der Waals surface area contributed by atoms with Crippen LogP contribution >= 0.6 is 10.7 Å². The number of hydrogen-bond donors (Lipinski definition) is 3. The van der Waals surface area contributed by atoms with E-state index < -0.39 is 30.9 Å². The first kappa shape index (κ1) is 30.9. The molecule has 0 aliphatic carbocycles. The Morgan fingerprint density at radius 3 is 1.67 bits per heavy atom. The van der Waals surface area contributed by atoms with Crippen molar-refractivity contribution in [3.05, 3.63) is 121 Å². The number of amides is 2. The van der Waals surface area contributed by atoms with Crippen LogP contribution in [0, 0.1) is 0 Å². The summed E-state index contributed by atoms with van der Waals surface area (Å²) in [5.41, 5.74) is 11.7. The molecule has 0 bridgehead atoms. The van der Waals surface area contributed by atoms with Crippen LogP contribution in [0.2, 0.25) is 0 Å². The van der Waals surface area contributed by atoms with Crippen LogP contribution in [-0.4, -0.2) is 48.0 Å². The summed E-state index contributed by atoms with van der Waals surface area (Å²) >= 11 is 0. The monoisotopic (exact) mass is 638 g/mol. The lowest BCUT2D eigenvalue weighted by Gasteiger charge is -2.05. The Morgan fingerprint density at radius 1 is 0.651 bits per heavy atom. The van der Waals surface area contributed by atoms with Crippen LogP contribution in [0.5, 0.6) is 0 Å². The van der Waals surface area contributed by atoms with Gasteiger partial charge in [-0.3, -0.25) is 14.7 Å². The summed E-state index contributed by atoms with van der Waals surface area (Å²) < 4.78 is 47.3. The number of carbonyl (C=O) groups excluding carboxylic acids is 2. The number of nitrogens with two attached hydrogens (primary N) is 2. The number of fused-ring (bicyclic) bond motifs is 2. The molecule has 0 spiro atoms. The van der Waals surface area contributed by atoms with Crippen LogP contribution in [-0.2, 0) is 19.1 Å². The maximum atomic E-state index is 12.6. The van der Waals surface area contributed by atoms with Gasteiger partial charge in [0.2, 0.25) is 0 Å². The van der Waals surface area contributed by atoms with Gasteiger partial charge in [-0.25, -0.2) is 8.42 Å². The van der Waals surface area contributed by atoms with Gasteiger partial charge in [-0.15, -0.1) is 0 Å². The van der Waals surface area contributed by atoms with E-state index in [-0.39, 0.29) is 15.5 Å². The van der Waals surface area contributed by atoms with Gasteiger partial charge in [-0.05, 0) is 36.4 Å². The highest BCUT2D eigenvalue weighted by atomic mass is 35.7. The van der Waals surface area contributed by atoms with Crippen LogP contribution in [0.25, 0.3) is 21.8 Å². The van der Waals surface area contributed by atoms with E-state index >= 15 is 0 Å². The quantitative estimate of drug-likeness (QED) is 0.237. The van der Waals surface area contributed by atoms with Crippen LogP contribution in [0.15, 0.2) is 119 Å². The fourth-order valence-corrected chi connectivity index (χ4v) is 5.93. The number of carbonyl (C=O) groups is 2. The summed E-state index contributed by atoms with van der Waals surface area (Å²) in [7, 11) is -2.38. The van der Waals surface area contributed by atoms with Crippen molar-refractivity contribution in [2.45, 2.75) is 9.79 Å². The molecule has 0 saturated carbocycles. The second kappa shape index (κ2) is 12.9. The van der Waals surface area contributed by atoms with E-state index in [9.17, 15) is 26.4 Å². The maximum absolute atomic E-state index is 12.6. The molecule has 6 aromatic rings. The van der Waals surface area contributed by atoms with E-state index in [0.29, 0.717) is 16.6 Å². The molecule has 2 aromatic heterocycles. The molecule has 12 nitrogen and oxygen atoms in total. The standard InChI is InChI=1S/C14H11N3O3S.C8H7N3O.C6H5ClO2S/c15-14(18)13-11-8-4-5-9-12(11)17(16-13)21(19,20)10-6-2-1-3-7-10;9-8(12)7-5-3-1-2-4-6(5)10-11-7;7-10(8,9)6-4-2-1-3-5-6/h1-9H,(H2,15,18);1-4H,(H2,9,12)(H,10,11);1-5H. The van der Waals surface area contributed by atoms with Crippen LogP contribution in [0.1, 0.15) is 21.0 Å². The van der Waals surface area contributed by atoms with Gasteiger partial charge in [-0.2, -0.15) is 22.7 Å². The van der Waals surface area contributed by atoms with Crippen molar-refractivity contribution in [3.8, 4) is 0 Å². The Labute approximate surface area is 250 Å². The molecule has 15 heteroatoms. The number of aromatic amines is 1. The summed E-state index contributed by atoms with van der Waals surface area (Å²) in [4.78, 5) is 22.5. The van der Waals surface area contributed by atoms with E-state index in [0.717, 1.165) is 15.0 Å². The molecule has 0 fully saturated rings. The SMILES string of the molecule is NC(=O)c1n[nH]c2ccccc12.NC(=O)c1nn(S(=O)(=O)c2ccccc2)c2ccccc12.O=S(=O)(Cl)c1ccccc1. The summed E-state index contributed by atoms with van der Waals surface area (Å²) in [5.74, 6) is -1.28. The predicted molar refractivity (Wildman–Crippen MR) is 161 cm³/mol. The molecule has 0 unspecified atom stereocenters. The minimum absolute atomic E-state index is 0.0647. The fourth-order valence-electron chi connectivity index (χ4n) is 3.83. The van der Waals surface area contributed by atoms with Crippen LogP contribution < -0.4 is 11.5 Å². The first-order chi connectivity index (χ1) is 20.4. The highest BCUT2D eigenvalue weighted by Crippen LogP contribution is 2.23. The van der Waals surface area contributed by atoms with Crippen molar-refractivity contribution < 1.29 is 26.4 Å².